The second-order valence-corrected chi connectivity index (χ2v) is 12.9. The monoisotopic (exact) mass is 404 g/mol. The van der Waals surface area contributed by atoms with E-state index < -0.39 is 5.79 Å². The van der Waals surface area contributed by atoms with Gasteiger partial charge in [0.25, 0.3) is 0 Å². The van der Waals surface area contributed by atoms with Crippen molar-refractivity contribution in [3.63, 3.8) is 0 Å². The Balaban J connectivity index is 1.46. The summed E-state index contributed by atoms with van der Waals surface area (Å²) in [5.41, 5.74) is 0.911. The van der Waals surface area contributed by atoms with Crippen molar-refractivity contribution in [1.29, 1.82) is 0 Å². The molecule has 0 aromatic rings. The van der Waals surface area contributed by atoms with Gasteiger partial charge in [-0.25, -0.2) is 0 Å². The molecule has 0 radical (unpaired) electrons. The Morgan fingerprint density at radius 3 is 2.24 bits per heavy atom. The van der Waals surface area contributed by atoms with E-state index >= 15 is 0 Å². The highest BCUT2D eigenvalue weighted by molar-refractivity contribution is 5.10. The van der Waals surface area contributed by atoms with Gasteiger partial charge in [0, 0.05) is 12.8 Å². The maximum absolute atomic E-state index is 10.3. The third-order valence-electron chi connectivity index (χ3n) is 10.9. The Hall–Kier alpha value is -0.0800. The molecule has 168 valence electrons. The van der Waals surface area contributed by atoms with Crippen LogP contribution in [0.4, 0.5) is 0 Å². The normalized spacial score (nSPS) is 47.4. The summed E-state index contributed by atoms with van der Waals surface area (Å²) in [5, 5.41) is 20.5. The van der Waals surface area contributed by atoms with E-state index in [0.717, 1.165) is 41.9 Å². The van der Waals surface area contributed by atoms with Crippen LogP contribution in [0.3, 0.4) is 0 Å². The van der Waals surface area contributed by atoms with Gasteiger partial charge in [0.2, 0.25) is 0 Å². The fourth-order valence-electron chi connectivity index (χ4n) is 9.25. The van der Waals surface area contributed by atoms with E-state index in [0.29, 0.717) is 29.6 Å². The zero-order chi connectivity index (χ0) is 21.0. The van der Waals surface area contributed by atoms with Crippen LogP contribution in [-0.4, -0.2) is 16.0 Å². The first-order valence-electron chi connectivity index (χ1n) is 13.0. The van der Waals surface area contributed by atoms with Crippen LogP contribution in [0.1, 0.15) is 112 Å². The zero-order valence-corrected chi connectivity index (χ0v) is 19.9. The Morgan fingerprint density at radius 1 is 0.793 bits per heavy atom. The van der Waals surface area contributed by atoms with Gasteiger partial charge in [0.05, 0.1) is 0 Å². The van der Waals surface area contributed by atoms with Gasteiger partial charge in [0.1, 0.15) is 0 Å². The van der Waals surface area contributed by atoms with Crippen molar-refractivity contribution >= 4 is 0 Å². The van der Waals surface area contributed by atoms with E-state index in [9.17, 15) is 10.2 Å². The zero-order valence-electron chi connectivity index (χ0n) is 19.9. The molecule has 2 nitrogen and oxygen atoms in total. The molecule has 0 heterocycles. The molecule has 2 N–H and O–H groups in total. The second-order valence-electron chi connectivity index (χ2n) is 12.9. The highest BCUT2D eigenvalue weighted by atomic mass is 16.5. The van der Waals surface area contributed by atoms with Crippen molar-refractivity contribution in [1.82, 2.24) is 0 Å². The molecule has 0 spiro atoms. The Labute approximate surface area is 180 Å². The van der Waals surface area contributed by atoms with Crippen LogP contribution in [0.5, 0.6) is 0 Å². The number of aliphatic hydroxyl groups is 2. The molecule has 4 rings (SSSR count). The van der Waals surface area contributed by atoms with Gasteiger partial charge >= 0.3 is 0 Å². The summed E-state index contributed by atoms with van der Waals surface area (Å²) >= 11 is 0. The number of hydrogen-bond donors (Lipinski definition) is 2. The van der Waals surface area contributed by atoms with Gasteiger partial charge < -0.3 is 10.2 Å². The van der Waals surface area contributed by atoms with Gasteiger partial charge in [0.15, 0.2) is 5.79 Å². The number of hydrogen-bond acceptors (Lipinski definition) is 2. The Kier molecular flexibility index (Phi) is 5.95. The quantitative estimate of drug-likeness (QED) is 0.495. The Bertz CT molecular complexity index is 583. The summed E-state index contributed by atoms with van der Waals surface area (Å²) in [6.07, 6.45) is 14.7. The lowest BCUT2D eigenvalue weighted by atomic mass is 9.44. The van der Waals surface area contributed by atoms with Crippen LogP contribution in [0, 0.1) is 52.3 Å². The average Bonchev–Trinajstić information content (AvgIpc) is 2.99. The molecule has 4 fully saturated rings. The van der Waals surface area contributed by atoms with Crippen molar-refractivity contribution < 1.29 is 10.2 Å². The minimum atomic E-state index is -1.40. The minimum Gasteiger partial charge on any atom is -0.366 e. The fourth-order valence-corrected chi connectivity index (χ4v) is 9.25. The summed E-state index contributed by atoms with van der Waals surface area (Å²) in [6, 6.07) is 0. The minimum absolute atomic E-state index is 0.347. The van der Waals surface area contributed by atoms with Crippen LogP contribution in [-0.2, 0) is 0 Å². The third-order valence-corrected chi connectivity index (χ3v) is 10.9. The van der Waals surface area contributed by atoms with E-state index in [1.165, 1.54) is 57.8 Å². The summed E-state index contributed by atoms with van der Waals surface area (Å²) in [7, 11) is 0. The van der Waals surface area contributed by atoms with Crippen LogP contribution < -0.4 is 0 Å². The smallest absolute Gasteiger partial charge is 0.162 e. The van der Waals surface area contributed by atoms with Gasteiger partial charge in [-0.1, -0.05) is 53.9 Å². The molecule has 0 aliphatic heterocycles. The summed E-state index contributed by atoms with van der Waals surface area (Å²) in [6.45, 7) is 12.5. The molecule has 2 heteroatoms. The van der Waals surface area contributed by atoms with Gasteiger partial charge in [-0.2, -0.15) is 0 Å². The molecule has 0 aromatic heterocycles. The average molecular weight is 405 g/mol. The predicted molar refractivity (Wildman–Crippen MR) is 120 cm³/mol. The first-order valence-corrected chi connectivity index (χ1v) is 13.0. The number of fused-ring (bicyclic) bond motifs is 5. The van der Waals surface area contributed by atoms with Crippen molar-refractivity contribution in [3.8, 4) is 0 Å². The van der Waals surface area contributed by atoms with Crippen LogP contribution >= 0.6 is 0 Å². The molecule has 4 aliphatic rings. The molecule has 0 amide bonds. The van der Waals surface area contributed by atoms with E-state index in [2.05, 4.69) is 34.6 Å². The summed E-state index contributed by atoms with van der Waals surface area (Å²) in [5.74, 6) is 4.41. The van der Waals surface area contributed by atoms with Crippen molar-refractivity contribution in [2.45, 2.75) is 117 Å². The highest BCUT2D eigenvalue weighted by Gasteiger charge is 2.61. The second kappa shape index (κ2) is 7.80. The molecule has 29 heavy (non-hydrogen) atoms. The van der Waals surface area contributed by atoms with Crippen LogP contribution in [0.2, 0.25) is 0 Å². The van der Waals surface area contributed by atoms with Crippen molar-refractivity contribution in [2.75, 3.05) is 0 Å². The van der Waals surface area contributed by atoms with Crippen molar-refractivity contribution in [3.05, 3.63) is 0 Å². The number of rotatable bonds is 5. The molecule has 4 saturated carbocycles. The van der Waals surface area contributed by atoms with E-state index in [1.807, 2.05) is 0 Å². The van der Waals surface area contributed by atoms with E-state index in [-0.39, 0.29) is 0 Å². The van der Waals surface area contributed by atoms with E-state index in [4.69, 9.17) is 0 Å². The molecular weight excluding hydrogens is 356 g/mol. The van der Waals surface area contributed by atoms with Crippen LogP contribution in [0.15, 0.2) is 0 Å². The molecule has 0 bridgehead atoms. The van der Waals surface area contributed by atoms with E-state index in [1.54, 1.807) is 0 Å². The first-order chi connectivity index (χ1) is 13.6. The fraction of sp³-hybridized carbons (Fsp3) is 1.00. The molecular formula is C27H48O2. The maximum atomic E-state index is 10.3. The summed E-state index contributed by atoms with van der Waals surface area (Å²) < 4.78 is 0. The predicted octanol–water partition coefficient (Wildman–Crippen LogP) is 6.79. The first kappa shape index (κ1) is 22.1. The van der Waals surface area contributed by atoms with Gasteiger partial charge in [-0.15, -0.1) is 0 Å². The molecule has 4 aliphatic carbocycles. The highest BCUT2D eigenvalue weighted by Crippen LogP contribution is 2.68. The lowest BCUT2D eigenvalue weighted by Crippen LogP contribution is -2.56. The summed E-state index contributed by atoms with van der Waals surface area (Å²) in [4.78, 5) is 0. The molecule has 0 aromatic carbocycles. The van der Waals surface area contributed by atoms with Crippen LogP contribution in [0.25, 0.3) is 0 Å². The topological polar surface area (TPSA) is 40.5 Å². The van der Waals surface area contributed by atoms with Gasteiger partial charge in [-0.05, 0) is 97.2 Å². The van der Waals surface area contributed by atoms with Gasteiger partial charge in [-0.3, -0.25) is 0 Å². The maximum Gasteiger partial charge on any atom is 0.162 e. The molecule has 0 saturated heterocycles. The lowest BCUT2D eigenvalue weighted by molar-refractivity contribution is -0.233. The van der Waals surface area contributed by atoms with Crippen molar-refractivity contribution in [2.24, 2.45) is 52.3 Å². The largest absolute Gasteiger partial charge is 0.366 e. The molecule has 1 unspecified atom stereocenters. The third kappa shape index (κ3) is 3.84. The standard InChI is InChI=1S/C27H48O2/c1-18(2)7-6-8-19(3)22-11-12-23-21-10-9-20-17-27(28,29)16-15-25(20,4)24(21)13-14-26(22,23)5/h18-24,28-29H,6-17H2,1-5H3/t19-,20?,21+,22-,23+,24+,25+,26-/m1/s1. The SMILES string of the molecule is CC(C)CCC[C@@H](C)[C@H]1CC[C@H]2[C@@H]3CCC4CC(O)(O)CC[C@]4(C)[C@H]3CC[C@]12C. The molecule has 8 atom stereocenters. The lowest BCUT2D eigenvalue weighted by Gasteiger charge is -2.61. The Morgan fingerprint density at radius 2 is 1.52 bits per heavy atom.